The molecule has 0 fully saturated rings. The van der Waals surface area contributed by atoms with E-state index >= 15 is 0 Å². The second-order valence-electron chi connectivity index (χ2n) is 10.4. The molecule has 0 amide bonds. The standard InChI is InChI=1S/C27H51N2O5P/c1-5-6-7-8-9-10-11-12-13-17-21-32-25-27(24-28-23-26-18-15-14-16-19-26)34-35(30,31)33-22-20-29(2,3)4/h14-16,18-19,27-28H,5-13,17,20-25H2,1-4H3/p+1. The summed E-state index contributed by atoms with van der Waals surface area (Å²) in [5, 5.41) is 3.30. The molecule has 0 heterocycles. The van der Waals surface area contributed by atoms with Crippen LogP contribution in [-0.4, -0.2) is 69.5 Å². The Bertz CT molecular complexity index is 669. The summed E-state index contributed by atoms with van der Waals surface area (Å²) in [5.41, 5.74) is 1.14. The van der Waals surface area contributed by atoms with Crippen molar-refractivity contribution in [2.24, 2.45) is 0 Å². The first-order chi connectivity index (χ1) is 16.7. The monoisotopic (exact) mass is 515 g/mol. The van der Waals surface area contributed by atoms with E-state index in [2.05, 4.69) is 12.2 Å². The van der Waals surface area contributed by atoms with Gasteiger partial charge in [-0.15, -0.1) is 0 Å². The average molecular weight is 516 g/mol. The highest BCUT2D eigenvalue weighted by Gasteiger charge is 2.27. The molecule has 35 heavy (non-hydrogen) atoms. The molecule has 1 aromatic rings. The summed E-state index contributed by atoms with van der Waals surface area (Å²) in [6.07, 6.45) is 12.2. The van der Waals surface area contributed by atoms with E-state index < -0.39 is 13.9 Å². The van der Waals surface area contributed by atoms with E-state index in [4.69, 9.17) is 13.8 Å². The SMILES string of the molecule is CCCCCCCCCCCCOCC(CNCc1ccccc1)OP(=O)(O)OCC[N+](C)(C)C. The largest absolute Gasteiger partial charge is 0.472 e. The highest BCUT2D eigenvalue weighted by molar-refractivity contribution is 7.47. The van der Waals surface area contributed by atoms with Gasteiger partial charge in [0.25, 0.3) is 0 Å². The second-order valence-corrected chi connectivity index (χ2v) is 11.8. The minimum Gasteiger partial charge on any atom is -0.379 e. The predicted molar refractivity (Wildman–Crippen MR) is 144 cm³/mol. The summed E-state index contributed by atoms with van der Waals surface area (Å²) < 4.78 is 29.6. The Hall–Kier alpha value is -0.790. The molecule has 0 saturated carbocycles. The summed E-state index contributed by atoms with van der Waals surface area (Å²) in [5.74, 6) is 0. The van der Waals surface area contributed by atoms with E-state index in [0.717, 1.165) is 18.4 Å². The van der Waals surface area contributed by atoms with Crippen LogP contribution in [0.2, 0.25) is 0 Å². The Morgan fingerprint density at radius 2 is 1.51 bits per heavy atom. The van der Waals surface area contributed by atoms with Crippen molar-refractivity contribution in [3.8, 4) is 0 Å². The third-order valence-electron chi connectivity index (χ3n) is 5.79. The van der Waals surface area contributed by atoms with Gasteiger partial charge in [-0.25, -0.2) is 4.57 Å². The van der Waals surface area contributed by atoms with Crippen LogP contribution < -0.4 is 5.32 Å². The minimum atomic E-state index is -4.16. The minimum absolute atomic E-state index is 0.154. The van der Waals surface area contributed by atoms with Crippen LogP contribution in [0.15, 0.2) is 30.3 Å². The summed E-state index contributed by atoms with van der Waals surface area (Å²) in [7, 11) is 1.85. The van der Waals surface area contributed by atoms with Gasteiger partial charge in [-0.3, -0.25) is 9.05 Å². The average Bonchev–Trinajstić information content (AvgIpc) is 2.79. The van der Waals surface area contributed by atoms with Gasteiger partial charge in [0.2, 0.25) is 0 Å². The van der Waals surface area contributed by atoms with Crippen LogP contribution in [0.3, 0.4) is 0 Å². The second kappa shape index (κ2) is 19.3. The molecule has 0 spiro atoms. The predicted octanol–water partition coefficient (Wildman–Crippen LogP) is 5.92. The Balaban J connectivity index is 2.32. The number of rotatable bonds is 23. The fourth-order valence-electron chi connectivity index (χ4n) is 3.66. The van der Waals surface area contributed by atoms with E-state index in [1.807, 2.05) is 51.5 Å². The lowest BCUT2D eigenvalue weighted by atomic mass is 10.1. The van der Waals surface area contributed by atoms with Crippen LogP contribution in [0.4, 0.5) is 0 Å². The molecule has 1 rings (SSSR count). The maximum absolute atomic E-state index is 12.5. The number of ether oxygens (including phenoxy) is 1. The fraction of sp³-hybridized carbons (Fsp3) is 0.778. The van der Waals surface area contributed by atoms with Gasteiger partial charge in [0, 0.05) is 19.7 Å². The van der Waals surface area contributed by atoms with Crippen LogP contribution in [0, 0.1) is 0 Å². The quantitative estimate of drug-likeness (QED) is 0.107. The highest BCUT2D eigenvalue weighted by Crippen LogP contribution is 2.44. The lowest BCUT2D eigenvalue weighted by Gasteiger charge is -2.25. The number of quaternary nitrogens is 1. The molecule has 8 heteroatoms. The lowest BCUT2D eigenvalue weighted by Crippen LogP contribution is -2.37. The van der Waals surface area contributed by atoms with Gasteiger partial charge in [-0.2, -0.15) is 0 Å². The maximum Gasteiger partial charge on any atom is 0.472 e. The van der Waals surface area contributed by atoms with Gasteiger partial charge in [0.1, 0.15) is 19.3 Å². The van der Waals surface area contributed by atoms with Gasteiger partial charge >= 0.3 is 7.82 Å². The topological polar surface area (TPSA) is 77.0 Å². The maximum atomic E-state index is 12.5. The van der Waals surface area contributed by atoms with Crippen molar-refractivity contribution >= 4 is 7.82 Å². The van der Waals surface area contributed by atoms with Crippen molar-refractivity contribution < 1.29 is 27.7 Å². The molecule has 2 unspecified atom stereocenters. The third kappa shape index (κ3) is 20.0. The number of benzene rings is 1. The van der Waals surface area contributed by atoms with Crippen molar-refractivity contribution in [1.29, 1.82) is 0 Å². The first-order valence-electron chi connectivity index (χ1n) is 13.5. The number of hydrogen-bond acceptors (Lipinski definition) is 5. The van der Waals surface area contributed by atoms with Crippen molar-refractivity contribution in [2.75, 3.05) is 54.1 Å². The van der Waals surface area contributed by atoms with Crippen LogP contribution in [-0.2, 0) is 24.9 Å². The van der Waals surface area contributed by atoms with E-state index in [1.165, 1.54) is 51.4 Å². The molecule has 2 atom stereocenters. The number of nitrogens with zero attached hydrogens (tertiary/aromatic N) is 1. The summed E-state index contributed by atoms with van der Waals surface area (Å²) in [4.78, 5) is 10.2. The van der Waals surface area contributed by atoms with Crippen LogP contribution in [0.1, 0.15) is 76.7 Å². The van der Waals surface area contributed by atoms with Crippen molar-refractivity contribution in [2.45, 2.75) is 83.8 Å². The van der Waals surface area contributed by atoms with Gasteiger partial charge in [-0.1, -0.05) is 95.0 Å². The number of unbranched alkanes of at least 4 members (excludes halogenated alkanes) is 9. The molecular formula is C27H52N2O5P+. The van der Waals surface area contributed by atoms with E-state index in [-0.39, 0.29) is 13.2 Å². The first kappa shape index (κ1) is 32.2. The zero-order valence-corrected chi connectivity index (χ0v) is 23.6. The molecule has 0 aliphatic heterocycles. The van der Waals surface area contributed by atoms with Crippen LogP contribution in [0.5, 0.6) is 0 Å². The number of likely N-dealkylation sites (N-methyl/N-ethyl adjacent to an activating group) is 1. The Labute approximate surface area is 214 Å². The Morgan fingerprint density at radius 3 is 2.11 bits per heavy atom. The Kier molecular flexibility index (Phi) is 17.8. The molecule has 204 valence electrons. The van der Waals surface area contributed by atoms with Crippen molar-refractivity contribution in [3.63, 3.8) is 0 Å². The molecule has 0 aromatic heterocycles. The van der Waals surface area contributed by atoms with Crippen molar-refractivity contribution in [1.82, 2.24) is 5.32 Å². The van der Waals surface area contributed by atoms with Gasteiger partial charge in [0.05, 0.1) is 27.7 Å². The van der Waals surface area contributed by atoms with Crippen molar-refractivity contribution in [3.05, 3.63) is 35.9 Å². The van der Waals surface area contributed by atoms with Gasteiger partial charge in [0.15, 0.2) is 0 Å². The zero-order chi connectivity index (χ0) is 25.8. The number of nitrogens with one attached hydrogen (secondary N) is 1. The molecule has 0 aliphatic carbocycles. The zero-order valence-electron chi connectivity index (χ0n) is 22.8. The molecule has 0 aliphatic rings. The molecule has 7 nitrogen and oxygen atoms in total. The molecule has 0 bridgehead atoms. The molecule has 1 aromatic carbocycles. The van der Waals surface area contributed by atoms with Crippen LogP contribution in [0.25, 0.3) is 0 Å². The summed E-state index contributed by atoms with van der Waals surface area (Å²) in [6, 6.07) is 10.0. The summed E-state index contributed by atoms with van der Waals surface area (Å²) in [6.45, 7) is 4.95. The van der Waals surface area contributed by atoms with E-state index in [0.29, 0.717) is 30.7 Å². The fourth-order valence-corrected chi connectivity index (χ4v) is 4.54. The van der Waals surface area contributed by atoms with E-state index in [1.54, 1.807) is 0 Å². The smallest absolute Gasteiger partial charge is 0.379 e. The summed E-state index contributed by atoms with van der Waals surface area (Å²) >= 11 is 0. The highest BCUT2D eigenvalue weighted by atomic mass is 31.2. The lowest BCUT2D eigenvalue weighted by molar-refractivity contribution is -0.870. The van der Waals surface area contributed by atoms with E-state index in [9.17, 15) is 9.46 Å². The number of hydrogen-bond donors (Lipinski definition) is 2. The Morgan fingerprint density at radius 1 is 0.914 bits per heavy atom. The third-order valence-corrected chi connectivity index (χ3v) is 6.86. The molecule has 0 saturated heterocycles. The molecular weight excluding hydrogens is 463 g/mol. The molecule has 2 N–H and O–H groups in total. The number of phosphoric acid groups is 1. The molecule has 0 radical (unpaired) electrons. The number of phosphoric ester groups is 1. The van der Waals surface area contributed by atoms with Gasteiger partial charge in [-0.05, 0) is 12.0 Å². The van der Waals surface area contributed by atoms with Gasteiger partial charge < -0.3 is 19.4 Å². The first-order valence-corrected chi connectivity index (χ1v) is 15.0. The normalized spacial score (nSPS) is 14.7. The van der Waals surface area contributed by atoms with Crippen LogP contribution >= 0.6 is 7.82 Å².